The molecule has 0 heterocycles. The molecule has 1 heteroatoms. The molecule has 2 aliphatic carbocycles. The largest absolute Gasteiger partial charge is 0.316 e. The van der Waals surface area contributed by atoms with Gasteiger partial charge in [-0.25, -0.2) is 0 Å². The van der Waals surface area contributed by atoms with E-state index in [1.54, 1.807) is 0 Å². The third kappa shape index (κ3) is 2.31. The predicted molar refractivity (Wildman–Crippen MR) is 61.3 cm³/mol. The number of nitrogens with one attached hydrogen (secondary N) is 1. The summed E-state index contributed by atoms with van der Waals surface area (Å²) in [4.78, 5) is 0. The Morgan fingerprint density at radius 2 is 1.86 bits per heavy atom. The normalized spacial score (nSPS) is 25.9. The molecule has 0 amide bonds. The van der Waals surface area contributed by atoms with Crippen molar-refractivity contribution in [3.63, 3.8) is 0 Å². The van der Waals surface area contributed by atoms with E-state index in [2.05, 4.69) is 19.2 Å². The third-order valence-electron chi connectivity index (χ3n) is 4.09. The summed E-state index contributed by atoms with van der Waals surface area (Å²) < 4.78 is 0. The first-order valence-electron chi connectivity index (χ1n) is 6.41. The van der Waals surface area contributed by atoms with Crippen molar-refractivity contribution in [2.24, 2.45) is 17.3 Å². The molecule has 0 saturated heterocycles. The van der Waals surface area contributed by atoms with Gasteiger partial charge in [-0.15, -0.1) is 0 Å². The van der Waals surface area contributed by atoms with Crippen molar-refractivity contribution in [3.05, 3.63) is 0 Å². The first-order valence-corrected chi connectivity index (χ1v) is 6.41. The van der Waals surface area contributed by atoms with E-state index < -0.39 is 0 Å². The zero-order chi connectivity index (χ0) is 10.0. The van der Waals surface area contributed by atoms with Crippen LogP contribution in [0.2, 0.25) is 0 Å². The summed E-state index contributed by atoms with van der Waals surface area (Å²) in [5.41, 5.74) is 0.837. The topological polar surface area (TPSA) is 12.0 Å². The van der Waals surface area contributed by atoms with E-state index in [9.17, 15) is 0 Å². The van der Waals surface area contributed by atoms with Gasteiger partial charge in [-0.1, -0.05) is 26.7 Å². The van der Waals surface area contributed by atoms with Crippen LogP contribution in [0.5, 0.6) is 0 Å². The minimum atomic E-state index is 0.801. The van der Waals surface area contributed by atoms with Gasteiger partial charge in [0.1, 0.15) is 0 Å². The molecular formula is C13H25N. The Morgan fingerprint density at radius 3 is 2.43 bits per heavy atom. The first kappa shape index (κ1) is 10.5. The van der Waals surface area contributed by atoms with Gasteiger partial charge in [0, 0.05) is 0 Å². The third-order valence-corrected chi connectivity index (χ3v) is 4.09. The molecule has 1 spiro atoms. The van der Waals surface area contributed by atoms with E-state index in [1.807, 2.05) is 0 Å². The minimum Gasteiger partial charge on any atom is -0.316 e. The van der Waals surface area contributed by atoms with E-state index in [0.29, 0.717) is 0 Å². The predicted octanol–water partition coefficient (Wildman–Crippen LogP) is 3.20. The van der Waals surface area contributed by atoms with Crippen LogP contribution < -0.4 is 5.32 Å². The van der Waals surface area contributed by atoms with Crippen LogP contribution in [-0.2, 0) is 0 Å². The molecule has 2 fully saturated rings. The van der Waals surface area contributed by atoms with Crippen LogP contribution in [0.3, 0.4) is 0 Å². The van der Waals surface area contributed by atoms with Crippen molar-refractivity contribution in [2.75, 3.05) is 13.1 Å². The molecule has 14 heavy (non-hydrogen) atoms. The lowest BCUT2D eigenvalue weighted by Crippen LogP contribution is -2.40. The molecule has 0 bridgehead atoms. The Bertz CT molecular complexity index is 172. The number of hydrogen-bond acceptors (Lipinski definition) is 1. The van der Waals surface area contributed by atoms with Crippen LogP contribution in [0.4, 0.5) is 0 Å². The molecule has 2 aliphatic rings. The quantitative estimate of drug-likeness (QED) is 0.726. The fourth-order valence-electron chi connectivity index (χ4n) is 3.42. The van der Waals surface area contributed by atoms with Crippen molar-refractivity contribution < 1.29 is 0 Å². The van der Waals surface area contributed by atoms with Gasteiger partial charge in [0.15, 0.2) is 0 Å². The summed E-state index contributed by atoms with van der Waals surface area (Å²) in [6.45, 7) is 7.04. The highest BCUT2D eigenvalue weighted by Crippen LogP contribution is 2.55. The molecule has 0 unspecified atom stereocenters. The molecular weight excluding hydrogens is 170 g/mol. The molecule has 82 valence electrons. The Hall–Kier alpha value is -0.0400. The SMILES string of the molecule is CC(C)CNCC1CC2(CCCC2)C1. The molecule has 2 saturated carbocycles. The van der Waals surface area contributed by atoms with Gasteiger partial charge in [-0.2, -0.15) is 0 Å². The standard InChI is InChI=1S/C13H25N/c1-11(2)9-14-10-12-7-13(8-12)5-3-4-6-13/h11-12,14H,3-10H2,1-2H3. The Labute approximate surface area is 88.7 Å². The van der Waals surface area contributed by atoms with Crippen LogP contribution in [-0.4, -0.2) is 13.1 Å². The van der Waals surface area contributed by atoms with E-state index in [4.69, 9.17) is 0 Å². The van der Waals surface area contributed by atoms with Gasteiger partial charge in [-0.3, -0.25) is 0 Å². The molecule has 2 rings (SSSR count). The second-order valence-electron chi connectivity index (χ2n) is 6.03. The van der Waals surface area contributed by atoms with E-state index in [1.165, 1.54) is 51.6 Å². The highest BCUT2D eigenvalue weighted by atomic mass is 14.9. The van der Waals surface area contributed by atoms with Crippen LogP contribution in [0.25, 0.3) is 0 Å². The first-order chi connectivity index (χ1) is 6.70. The zero-order valence-corrected chi connectivity index (χ0v) is 9.81. The maximum absolute atomic E-state index is 3.59. The maximum Gasteiger partial charge on any atom is -0.00200 e. The molecule has 0 aliphatic heterocycles. The van der Waals surface area contributed by atoms with E-state index in [0.717, 1.165) is 17.3 Å². The summed E-state index contributed by atoms with van der Waals surface area (Å²) in [6, 6.07) is 0. The molecule has 0 aromatic rings. The van der Waals surface area contributed by atoms with E-state index in [-0.39, 0.29) is 0 Å². The van der Waals surface area contributed by atoms with Crippen LogP contribution in [0.1, 0.15) is 52.4 Å². The zero-order valence-electron chi connectivity index (χ0n) is 9.81. The van der Waals surface area contributed by atoms with Crippen molar-refractivity contribution in [3.8, 4) is 0 Å². The molecule has 0 aromatic heterocycles. The fraction of sp³-hybridized carbons (Fsp3) is 1.00. The van der Waals surface area contributed by atoms with Gasteiger partial charge in [-0.05, 0) is 56.0 Å². The second-order valence-corrected chi connectivity index (χ2v) is 6.03. The smallest absolute Gasteiger partial charge is 0.00200 e. The van der Waals surface area contributed by atoms with Crippen molar-refractivity contribution in [2.45, 2.75) is 52.4 Å². The van der Waals surface area contributed by atoms with Gasteiger partial charge in [0.05, 0.1) is 0 Å². The Balaban J connectivity index is 1.58. The lowest BCUT2D eigenvalue weighted by atomic mass is 9.61. The number of rotatable bonds is 4. The van der Waals surface area contributed by atoms with Crippen LogP contribution in [0.15, 0.2) is 0 Å². The van der Waals surface area contributed by atoms with Crippen molar-refractivity contribution in [1.82, 2.24) is 5.32 Å². The highest BCUT2D eigenvalue weighted by molar-refractivity contribution is 4.97. The maximum atomic E-state index is 3.59. The molecule has 0 aromatic carbocycles. The molecule has 1 N–H and O–H groups in total. The van der Waals surface area contributed by atoms with Crippen LogP contribution in [0, 0.1) is 17.3 Å². The summed E-state index contributed by atoms with van der Waals surface area (Å²) >= 11 is 0. The van der Waals surface area contributed by atoms with Crippen molar-refractivity contribution in [1.29, 1.82) is 0 Å². The molecule has 0 radical (unpaired) electrons. The average Bonchev–Trinajstić information content (AvgIpc) is 2.51. The molecule has 1 nitrogen and oxygen atoms in total. The summed E-state index contributed by atoms with van der Waals surface area (Å²) in [7, 11) is 0. The summed E-state index contributed by atoms with van der Waals surface area (Å²) in [5.74, 6) is 1.81. The van der Waals surface area contributed by atoms with Gasteiger partial charge < -0.3 is 5.32 Å². The second kappa shape index (κ2) is 4.22. The Morgan fingerprint density at radius 1 is 1.21 bits per heavy atom. The van der Waals surface area contributed by atoms with Crippen LogP contribution >= 0.6 is 0 Å². The van der Waals surface area contributed by atoms with Crippen molar-refractivity contribution >= 4 is 0 Å². The molecule has 0 atom stereocenters. The minimum absolute atomic E-state index is 0.801. The summed E-state index contributed by atoms with van der Waals surface area (Å²) in [5, 5.41) is 3.59. The van der Waals surface area contributed by atoms with Gasteiger partial charge >= 0.3 is 0 Å². The Kier molecular flexibility index (Phi) is 3.16. The number of hydrogen-bond donors (Lipinski definition) is 1. The summed E-state index contributed by atoms with van der Waals surface area (Å²) in [6.07, 6.45) is 9.13. The van der Waals surface area contributed by atoms with Gasteiger partial charge in [0.2, 0.25) is 0 Å². The highest BCUT2D eigenvalue weighted by Gasteiger charge is 2.44. The van der Waals surface area contributed by atoms with Gasteiger partial charge in [0.25, 0.3) is 0 Å². The average molecular weight is 195 g/mol. The lowest BCUT2D eigenvalue weighted by molar-refractivity contribution is 0.0617. The monoisotopic (exact) mass is 195 g/mol. The lowest BCUT2D eigenvalue weighted by Gasteiger charge is -2.45. The van der Waals surface area contributed by atoms with E-state index >= 15 is 0 Å². The fourth-order valence-corrected chi connectivity index (χ4v) is 3.42.